The predicted octanol–water partition coefficient (Wildman–Crippen LogP) is 0.541. The van der Waals surface area contributed by atoms with Gasteiger partial charge in [0.1, 0.15) is 12.5 Å². The number of hydrazone groups is 1. The van der Waals surface area contributed by atoms with E-state index in [9.17, 15) is 0 Å². The highest BCUT2D eigenvalue weighted by atomic mass is 15.5. The lowest BCUT2D eigenvalue weighted by Gasteiger charge is -2.27. The molecule has 0 unspecified atom stereocenters. The fourth-order valence-electron chi connectivity index (χ4n) is 1.52. The van der Waals surface area contributed by atoms with Crippen LogP contribution in [-0.2, 0) is 0 Å². The fraction of sp³-hybridized carbons (Fsp3) is 0.500. The van der Waals surface area contributed by atoms with Gasteiger partial charge in [-0.25, -0.2) is 0 Å². The van der Waals surface area contributed by atoms with Gasteiger partial charge in [0.05, 0.1) is 0 Å². The first-order valence-corrected chi connectivity index (χ1v) is 4.02. The molecule has 0 aromatic rings. The molecule has 0 saturated carbocycles. The summed E-state index contributed by atoms with van der Waals surface area (Å²) in [5.74, 6) is 1.09. The second-order valence-electron chi connectivity index (χ2n) is 3.06. The largest absolute Gasteiger partial charge is 0.351 e. The van der Waals surface area contributed by atoms with Crippen LogP contribution in [0.15, 0.2) is 21.5 Å². The first kappa shape index (κ1) is 7.34. The topological polar surface area (TPSA) is 40.0 Å². The van der Waals surface area contributed by atoms with Gasteiger partial charge in [-0.15, -0.1) is 0 Å². The van der Waals surface area contributed by atoms with E-state index in [0.717, 1.165) is 18.0 Å². The molecular weight excluding hydrogens is 152 g/mol. The zero-order chi connectivity index (χ0) is 8.55. The van der Waals surface area contributed by atoms with Crippen LogP contribution in [0.25, 0.3) is 0 Å². The van der Waals surface area contributed by atoms with Crippen molar-refractivity contribution in [3.8, 4) is 0 Å². The van der Waals surface area contributed by atoms with Gasteiger partial charge in [-0.3, -0.25) is 10.0 Å². The van der Waals surface area contributed by atoms with Crippen molar-refractivity contribution in [3.05, 3.63) is 11.4 Å². The third kappa shape index (κ3) is 1.09. The number of aliphatic imine (C=N–C) groups is 1. The van der Waals surface area contributed by atoms with Gasteiger partial charge in [-0.1, -0.05) is 0 Å². The molecule has 0 radical (unpaired) electrons. The SMILES string of the molecule is CC1=NN(C)C2=C(C=NCN2)C1. The lowest BCUT2D eigenvalue weighted by atomic mass is 10.1. The van der Waals surface area contributed by atoms with E-state index in [-0.39, 0.29) is 0 Å². The van der Waals surface area contributed by atoms with Crippen LogP contribution in [0.3, 0.4) is 0 Å². The van der Waals surface area contributed by atoms with Crippen molar-refractivity contribution in [3.63, 3.8) is 0 Å². The fourth-order valence-corrected chi connectivity index (χ4v) is 1.52. The van der Waals surface area contributed by atoms with E-state index in [1.807, 2.05) is 25.2 Å². The van der Waals surface area contributed by atoms with Crippen LogP contribution < -0.4 is 5.32 Å². The second kappa shape index (κ2) is 2.62. The highest BCUT2D eigenvalue weighted by molar-refractivity contribution is 5.94. The lowest BCUT2D eigenvalue weighted by molar-refractivity contribution is 0.393. The normalized spacial score (nSPS) is 21.8. The van der Waals surface area contributed by atoms with E-state index in [1.165, 1.54) is 5.57 Å². The van der Waals surface area contributed by atoms with Gasteiger partial charge in [0.2, 0.25) is 0 Å². The molecule has 0 aromatic heterocycles. The van der Waals surface area contributed by atoms with Crippen molar-refractivity contribution < 1.29 is 0 Å². The highest BCUT2D eigenvalue weighted by Gasteiger charge is 2.17. The number of hydrogen-bond donors (Lipinski definition) is 1. The molecule has 2 aliphatic rings. The molecule has 2 heterocycles. The predicted molar refractivity (Wildman–Crippen MR) is 49.0 cm³/mol. The maximum Gasteiger partial charge on any atom is 0.128 e. The number of nitrogens with zero attached hydrogens (tertiary/aromatic N) is 3. The van der Waals surface area contributed by atoms with Crippen LogP contribution >= 0.6 is 0 Å². The summed E-state index contributed by atoms with van der Waals surface area (Å²) in [7, 11) is 1.95. The molecule has 1 N–H and O–H groups in total. The molecule has 4 heteroatoms. The minimum atomic E-state index is 0.664. The molecule has 64 valence electrons. The first-order valence-electron chi connectivity index (χ1n) is 4.02. The minimum absolute atomic E-state index is 0.664. The van der Waals surface area contributed by atoms with E-state index in [1.54, 1.807) is 0 Å². The average molecular weight is 164 g/mol. The molecule has 0 atom stereocenters. The van der Waals surface area contributed by atoms with E-state index in [0.29, 0.717) is 6.67 Å². The maximum atomic E-state index is 4.33. The monoisotopic (exact) mass is 164 g/mol. The number of hydrogen-bond acceptors (Lipinski definition) is 4. The number of nitrogens with one attached hydrogen (secondary N) is 1. The Balaban J connectivity index is 2.31. The highest BCUT2D eigenvalue weighted by Crippen LogP contribution is 2.17. The van der Waals surface area contributed by atoms with Crippen molar-refractivity contribution in [2.24, 2.45) is 10.1 Å². The summed E-state index contributed by atoms with van der Waals surface area (Å²) in [6.07, 6.45) is 2.84. The van der Waals surface area contributed by atoms with Crippen LogP contribution in [0.5, 0.6) is 0 Å². The van der Waals surface area contributed by atoms with Crippen LogP contribution in [0, 0.1) is 0 Å². The summed E-state index contributed by atoms with van der Waals surface area (Å²) >= 11 is 0. The van der Waals surface area contributed by atoms with Gasteiger partial charge in [-0.05, 0) is 6.92 Å². The Kier molecular flexibility index (Phi) is 1.60. The Morgan fingerprint density at radius 3 is 3.25 bits per heavy atom. The summed E-state index contributed by atoms with van der Waals surface area (Å²) < 4.78 is 0. The zero-order valence-electron chi connectivity index (χ0n) is 7.33. The third-order valence-corrected chi connectivity index (χ3v) is 1.98. The van der Waals surface area contributed by atoms with Gasteiger partial charge >= 0.3 is 0 Å². The standard InChI is InChI=1S/C8H12N4/c1-6-3-7-4-9-5-10-8(7)12(2)11-6/h4,10H,3,5H2,1-2H3. The molecule has 4 nitrogen and oxygen atoms in total. The molecule has 0 bridgehead atoms. The number of allylic oxidation sites excluding steroid dienone is 1. The van der Waals surface area contributed by atoms with E-state index in [2.05, 4.69) is 15.4 Å². The van der Waals surface area contributed by atoms with Crippen LogP contribution in [0.1, 0.15) is 13.3 Å². The molecule has 0 amide bonds. The Hall–Kier alpha value is -1.32. The Morgan fingerprint density at radius 1 is 1.58 bits per heavy atom. The Morgan fingerprint density at radius 2 is 2.42 bits per heavy atom. The van der Waals surface area contributed by atoms with Crippen molar-refractivity contribution in [2.75, 3.05) is 13.7 Å². The average Bonchev–Trinajstić information content (AvgIpc) is 2.04. The Labute approximate surface area is 71.7 Å². The van der Waals surface area contributed by atoms with Crippen LogP contribution in [0.4, 0.5) is 0 Å². The molecule has 0 aromatic carbocycles. The number of rotatable bonds is 0. The van der Waals surface area contributed by atoms with Crippen LogP contribution in [0.2, 0.25) is 0 Å². The molecular formula is C8H12N4. The summed E-state index contributed by atoms with van der Waals surface area (Å²) in [6, 6.07) is 0. The third-order valence-electron chi connectivity index (χ3n) is 1.98. The first-order chi connectivity index (χ1) is 5.77. The quantitative estimate of drug-likeness (QED) is 0.567. The van der Waals surface area contributed by atoms with Gasteiger partial charge in [0.25, 0.3) is 0 Å². The van der Waals surface area contributed by atoms with Gasteiger partial charge < -0.3 is 5.32 Å². The smallest absolute Gasteiger partial charge is 0.128 e. The molecule has 0 spiro atoms. The van der Waals surface area contributed by atoms with E-state index >= 15 is 0 Å². The van der Waals surface area contributed by atoms with Gasteiger partial charge in [0, 0.05) is 31.0 Å². The summed E-state index contributed by atoms with van der Waals surface area (Å²) in [5.41, 5.74) is 2.36. The van der Waals surface area contributed by atoms with Gasteiger partial charge in [0.15, 0.2) is 0 Å². The van der Waals surface area contributed by atoms with Crippen molar-refractivity contribution >= 4 is 11.9 Å². The Bertz CT molecular complexity index is 287. The minimum Gasteiger partial charge on any atom is -0.351 e. The van der Waals surface area contributed by atoms with E-state index < -0.39 is 0 Å². The molecule has 2 aliphatic heterocycles. The summed E-state index contributed by atoms with van der Waals surface area (Å²) in [4.78, 5) is 4.15. The van der Waals surface area contributed by atoms with E-state index in [4.69, 9.17) is 0 Å². The molecule has 0 fully saturated rings. The van der Waals surface area contributed by atoms with Crippen LogP contribution in [-0.4, -0.2) is 30.7 Å². The van der Waals surface area contributed by atoms with Crippen molar-refractivity contribution in [2.45, 2.75) is 13.3 Å². The maximum absolute atomic E-state index is 4.33. The second-order valence-corrected chi connectivity index (χ2v) is 3.06. The summed E-state index contributed by atoms with van der Waals surface area (Å²) in [6.45, 7) is 2.69. The molecule has 2 rings (SSSR count). The van der Waals surface area contributed by atoms with Crippen molar-refractivity contribution in [1.29, 1.82) is 0 Å². The zero-order valence-corrected chi connectivity index (χ0v) is 7.33. The molecule has 0 saturated heterocycles. The molecule has 12 heavy (non-hydrogen) atoms. The lowest BCUT2D eigenvalue weighted by Crippen LogP contribution is -2.33. The molecule has 0 aliphatic carbocycles. The van der Waals surface area contributed by atoms with Gasteiger partial charge in [-0.2, -0.15) is 5.10 Å². The summed E-state index contributed by atoms with van der Waals surface area (Å²) in [5, 5.41) is 9.40. The van der Waals surface area contributed by atoms with Crippen molar-refractivity contribution in [1.82, 2.24) is 10.3 Å².